The molecule has 2 heterocycles. The predicted octanol–water partition coefficient (Wildman–Crippen LogP) is 3.95. The van der Waals surface area contributed by atoms with Gasteiger partial charge in [0, 0.05) is 24.6 Å². The molecule has 0 amide bonds. The Morgan fingerprint density at radius 3 is 2.62 bits per heavy atom. The maximum absolute atomic E-state index is 13.6. The second-order valence-corrected chi connectivity index (χ2v) is 6.62. The maximum atomic E-state index is 13.6. The zero-order chi connectivity index (χ0) is 17.1. The summed E-state index contributed by atoms with van der Waals surface area (Å²) < 4.78 is 14.0. The monoisotopic (exact) mass is 387 g/mol. The van der Waals surface area contributed by atoms with E-state index in [0.29, 0.717) is 15.7 Å². The third-order valence-electron chi connectivity index (χ3n) is 4.30. The number of nitrogens with zero attached hydrogens (tertiary/aromatic N) is 3. The Balaban J connectivity index is 1.64. The van der Waals surface area contributed by atoms with Gasteiger partial charge in [-0.3, -0.25) is 4.79 Å². The first kappa shape index (κ1) is 16.6. The van der Waals surface area contributed by atoms with Crippen LogP contribution in [0.5, 0.6) is 0 Å². The minimum absolute atomic E-state index is 0.000923. The molecule has 24 heavy (non-hydrogen) atoms. The van der Waals surface area contributed by atoms with Crippen molar-refractivity contribution in [3.05, 3.63) is 58.1 Å². The summed E-state index contributed by atoms with van der Waals surface area (Å²) in [5.74, 6) is -0.505. The van der Waals surface area contributed by atoms with Crippen molar-refractivity contribution in [2.45, 2.75) is 12.8 Å². The first-order chi connectivity index (χ1) is 11.6. The Morgan fingerprint density at radius 1 is 1.29 bits per heavy atom. The molecule has 0 radical (unpaired) electrons. The second-order valence-electron chi connectivity index (χ2n) is 5.77. The van der Waals surface area contributed by atoms with Crippen LogP contribution in [-0.4, -0.2) is 23.9 Å². The molecule has 0 N–H and O–H groups in total. The summed E-state index contributed by atoms with van der Waals surface area (Å²) in [5, 5.41) is 8.79. The summed E-state index contributed by atoms with van der Waals surface area (Å²) in [6, 6.07) is 10.1. The third-order valence-corrected chi connectivity index (χ3v) is 4.94. The minimum atomic E-state index is -0.415. The summed E-state index contributed by atoms with van der Waals surface area (Å²) in [6.45, 7) is 1.48. The van der Waals surface area contributed by atoms with Gasteiger partial charge in [-0.2, -0.15) is 5.26 Å². The summed E-state index contributed by atoms with van der Waals surface area (Å²) in [7, 11) is 0. The van der Waals surface area contributed by atoms with E-state index in [-0.39, 0.29) is 11.7 Å². The van der Waals surface area contributed by atoms with Gasteiger partial charge in [0.15, 0.2) is 5.78 Å². The lowest BCUT2D eigenvalue weighted by atomic mass is 9.88. The van der Waals surface area contributed by atoms with E-state index in [2.05, 4.69) is 25.8 Å². The van der Waals surface area contributed by atoms with Crippen LogP contribution in [0.3, 0.4) is 0 Å². The van der Waals surface area contributed by atoms with Crippen LogP contribution in [0, 0.1) is 23.1 Å². The second kappa shape index (κ2) is 7.10. The molecule has 1 aliphatic rings. The molecule has 1 aromatic carbocycles. The molecule has 0 bridgehead atoms. The predicted molar refractivity (Wildman–Crippen MR) is 92.3 cm³/mol. The van der Waals surface area contributed by atoms with Crippen LogP contribution < -0.4 is 4.90 Å². The molecule has 0 atom stereocenters. The van der Waals surface area contributed by atoms with E-state index in [1.807, 2.05) is 12.1 Å². The highest BCUT2D eigenvalue weighted by Crippen LogP contribution is 2.26. The number of rotatable bonds is 3. The van der Waals surface area contributed by atoms with Crippen molar-refractivity contribution in [2.24, 2.45) is 5.92 Å². The van der Waals surface area contributed by atoms with Crippen molar-refractivity contribution in [2.75, 3.05) is 18.0 Å². The van der Waals surface area contributed by atoms with Gasteiger partial charge < -0.3 is 4.90 Å². The average Bonchev–Trinajstić information content (AvgIpc) is 2.63. The maximum Gasteiger partial charge on any atom is 0.166 e. The molecule has 1 aliphatic heterocycles. The Kier molecular flexibility index (Phi) is 4.91. The first-order valence-corrected chi connectivity index (χ1v) is 8.48. The summed E-state index contributed by atoms with van der Waals surface area (Å²) >= 11 is 3.10. The molecule has 0 spiro atoms. The molecule has 6 heteroatoms. The number of Topliss-reactive ketones (excluding diaryl/α,β-unsaturated/α-hetero) is 1. The first-order valence-electron chi connectivity index (χ1n) is 7.69. The van der Waals surface area contributed by atoms with E-state index in [4.69, 9.17) is 5.26 Å². The number of halogens is 2. The summed E-state index contributed by atoms with van der Waals surface area (Å²) in [6.07, 6.45) is 3.12. The zero-order valence-electron chi connectivity index (χ0n) is 12.9. The van der Waals surface area contributed by atoms with Gasteiger partial charge >= 0.3 is 0 Å². The van der Waals surface area contributed by atoms with Crippen LogP contribution in [0.2, 0.25) is 0 Å². The van der Waals surface area contributed by atoms with Crippen molar-refractivity contribution in [1.82, 2.24) is 4.98 Å². The van der Waals surface area contributed by atoms with Crippen LogP contribution in [0.25, 0.3) is 0 Å². The van der Waals surface area contributed by atoms with E-state index in [1.54, 1.807) is 24.4 Å². The number of piperidine rings is 1. The summed E-state index contributed by atoms with van der Waals surface area (Å²) in [5.41, 5.74) is 1.77. The van der Waals surface area contributed by atoms with Crippen molar-refractivity contribution in [3.63, 3.8) is 0 Å². The third kappa shape index (κ3) is 3.46. The molecular weight excluding hydrogens is 373 g/mol. The standard InChI is InChI=1S/C18H15BrFN3O/c19-16-4-1-13(9-17(16)20)18(24)12-5-7-23(8-6-12)15-3-2-14(10-21)22-11-15/h1-4,9,11-12H,5-8H2. The number of hydrogen-bond acceptors (Lipinski definition) is 4. The van der Waals surface area contributed by atoms with E-state index in [1.165, 1.54) is 6.07 Å². The number of carbonyl (C=O) groups is 1. The van der Waals surface area contributed by atoms with Gasteiger partial charge in [0.2, 0.25) is 0 Å². The Bertz CT molecular complexity index is 793. The van der Waals surface area contributed by atoms with Gasteiger partial charge in [-0.1, -0.05) is 6.07 Å². The molecule has 122 valence electrons. The number of aromatic nitrogens is 1. The molecule has 2 aromatic rings. The highest BCUT2D eigenvalue weighted by molar-refractivity contribution is 9.10. The SMILES string of the molecule is N#Cc1ccc(N2CCC(C(=O)c3ccc(Br)c(F)c3)CC2)cn1. The van der Waals surface area contributed by atoms with Gasteiger partial charge in [0.05, 0.1) is 16.4 Å². The van der Waals surface area contributed by atoms with Crippen molar-refractivity contribution >= 4 is 27.4 Å². The quantitative estimate of drug-likeness (QED) is 0.748. The Morgan fingerprint density at radius 2 is 2.04 bits per heavy atom. The Labute approximate surface area is 148 Å². The highest BCUT2D eigenvalue weighted by atomic mass is 79.9. The molecule has 0 unspecified atom stereocenters. The van der Waals surface area contributed by atoms with Crippen LogP contribution in [0.1, 0.15) is 28.9 Å². The number of anilines is 1. The number of ketones is 1. The molecule has 0 saturated carbocycles. The minimum Gasteiger partial charge on any atom is -0.370 e. The molecule has 3 rings (SSSR count). The van der Waals surface area contributed by atoms with E-state index in [0.717, 1.165) is 31.6 Å². The van der Waals surface area contributed by atoms with E-state index >= 15 is 0 Å². The molecule has 1 fully saturated rings. The van der Waals surface area contributed by atoms with Crippen LogP contribution in [0.15, 0.2) is 41.0 Å². The molecule has 1 saturated heterocycles. The van der Waals surface area contributed by atoms with Crippen LogP contribution in [-0.2, 0) is 0 Å². The summed E-state index contributed by atoms with van der Waals surface area (Å²) in [4.78, 5) is 18.8. The zero-order valence-corrected chi connectivity index (χ0v) is 14.5. The fourth-order valence-electron chi connectivity index (χ4n) is 2.92. The molecule has 0 aliphatic carbocycles. The highest BCUT2D eigenvalue weighted by Gasteiger charge is 2.26. The van der Waals surface area contributed by atoms with Crippen LogP contribution in [0.4, 0.5) is 10.1 Å². The molecular formula is C18H15BrFN3O. The number of hydrogen-bond donors (Lipinski definition) is 0. The Hall–Kier alpha value is -2.26. The lowest BCUT2D eigenvalue weighted by Gasteiger charge is -2.32. The fraction of sp³-hybridized carbons (Fsp3) is 0.278. The largest absolute Gasteiger partial charge is 0.370 e. The molecule has 4 nitrogen and oxygen atoms in total. The number of benzene rings is 1. The fourth-order valence-corrected chi connectivity index (χ4v) is 3.17. The van der Waals surface area contributed by atoms with Crippen LogP contribution >= 0.6 is 15.9 Å². The average molecular weight is 388 g/mol. The van der Waals surface area contributed by atoms with Gasteiger partial charge in [-0.15, -0.1) is 0 Å². The topological polar surface area (TPSA) is 57.0 Å². The smallest absolute Gasteiger partial charge is 0.166 e. The van der Waals surface area contributed by atoms with Gasteiger partial charge in [0.1, 0.15) is 17.6 Å². The van der Waals surface area contributed by atoms with Crippen molar-refractivity contribution < 1.29 is 9.18 Å². The van der Waals surface area contributed by atoms with E-state index < -0.39 is 5.82 Å². The number of pyridine rings is 1. The lowest BCUT2D eigenvalue weighted by molar-refractivity contribution is 0.0900. The lowest BCUT2D eigenvalue weighted by Crippen LogP contribution is -2.36. The van der Waals surface area contributed by atoms with Gasteiger partial charge in [-0.05, 0) is 53.0 Å². The van der Waals surface area contributed by atoms with Gasteiger partial charge in [-0.25, -0.2) is 9.37 Å². The normalized spacial score (nSPS) is 15.1. The number of carbonyl (C=O) groups excluding carboxylic acids is 1. The van der Waals surface area contributed by atoms with Crippen molar-refractivity contribution in [3.8, 4) is 6.07 Å². The van der Waals surface area contributed by atoms with E-state index in [9.17, 15) is 9.18 Å². The van der Waals surface area contributed by atoms with Crippen molar-refractivity contribution in [1.29, 1.82) is 5.26 Å². The number of nitriles is 1. The van der Waals surface area contributed by atoms with Gasteiger partial charge in [0.25, 0.3) is 0 Å². The molecule has 1 aromatic heterocycles.